The Morgan fingerprint density at radius 1 is 1.43 bits per heavy atom. The normalized spacial score (nSPS) is 20.4. The maximum absolute atomic E-state index is 12.9. The fourth-order valence-electron chi connectivity index (χ4n) is 3.22. The second-order valence-electron chi connectivity index (χ2n) is 6.75. The molecule has 0 bridgehead atoms. The van der Waals surface area contributed by atoms with Crippen LogP contribution >= 0.6 is 11.6 Å². The van der Waals surface area contributed by atoms with Crippen LogP contribution in [0.1, 0.15) is 59.8 Å². The average molecular weight is 432 g/mol. The lowest BCUT2D eigenvalue weighted by Gasteiger charge is -2.28. The molecule has 0 heterocycles. The number of ketones is 1. The predicted molar refractivity (Wildman–Crippen MR) is 113 cm³/mol. The van der Waals surface area contributed by atoms with E-state index < -0.39 is 17.1 Å². The lowest BCUT2D eigenvalue weighted by Crippen LogP contribution is -2.30. The summed E-state index contributed by atoms with van der Waals surface area (Å²) in [5, 5.41) is 4.08. The highest BCUT2D eigenvalue weighted by molar-refractivity contribution is 7.91. The van der Waals surface area contributed by atoms with Crippen molar-refractivity contribution in [3.05, 3.63) is 22.9 Å². The highest BCUT2D eigenvalue weighted by Gasteiger charge is 2.34. The van der Waals surface area contributed by atoms with Crippen molar-refractivity contribution in [1.82, 2.24) is 0 Å². The van der Waals surface area contributed by atoms with Crippen LogP contribution in [0.4, 0.5) is 0 Å². The zero-order valence-electron chi connectivity index (χ0n) is 17.0. The van der Waals surface area contributed by atoms with Crippen molar-refractivity contribution in [3.63, 3.8) is 0 Å². The Bertz CT molecular complexity index is 632. The van der Waals surface area contributed by atoms with Crippen molar-refractivity contribution < 1.29 is 23.7 Å². The molecule has 0 saturated heterocycles. The number of ether oxygens (including phenoxy) is 1. The number of allylic oxidation sites excluding steroid dienone is 2. The first-order valence-electron chi connectivity index (χ1n) is 9.60. The molecule has 0 aromatic rings. The maximum atomic E-state index is 12.9. The number of rotatable bonds is 11. The van der Waals surface area contributed by atoms with Gasteiger partial charge in [0.2, 0.25) is 0 Å². The van der Waals surface area contributed by atoms with Crippen molar-refractivity contribution in [2.45, 2.75) is 65.0 Å². The second kappa shape index (κ2) is 13.0. The van der Waals surface area contributed by atoms with Gasteiger partial charge in [-0.05, 0) is 38.7 Å². The minimum absolute atomic E-state index is 0.0147. The lowest BCUT2D eigenvalue weighted by molar-refractivity contribution is -0.137. The largest absolute Gasteiger partial charge is 0.616 e. The van der Waals surface area contributed by atoms with E-state index >= 15 is 0 Å². The number of carbonyl (C=O) groups excluding carboxylic acids is 2. The number of hydrogen-bond donors (Lipinski definition) is 0. The summed E-state index contributed by atoms with van der Waals surface area (Å²) in [6.45, 7) is 7.28. The van der Waals surface area contributed by atoms with Crippen LogP contribution in [0.5, 0.6) is 0 Å². The first-order chi connectivity index (χ1) is 13.3. The zero-order chi connectivity index (χ0) is 21.1. The van der Waals surface area contributed by atoms with E-state index in [-0.39, 0.29) is 23.6 Å². The van der Waals surface area contributed by atoms with Crippen LogP contribution in [0.15, 0.2) is 28.1 Å². The molecule has 8 heteroatoms. The van der Waals surface area contributed by atoms with Gasteiger partial charge < -0.3 is 14.1 Å². The van der Waals surface area contributed by atoms with Gasteiger partial charge in [-0.25, -0.2) is 0 Å². The van der Waals surface area contributed by atoms with Gasteiger partial charge in [-0.15, -0.1) is 0 Å². The molecule has 0 amide bonds. The molecule has 0 spiro atoms. The highest BCUT2D eigenvalue weighted by Crippen LogP contribution is 2.33. The van der Waals surface area contributed by atoms with E-state index in [4.69, 9.17) is 21.2 Å². The Balaban J connectivity index is 3.14. The number of nitrogens with zero attached hydrogens (tertiary/aromatic N) is 1. The third kappa shape index (κ3) is 7.97. The quantitative estimate of drug-likeness (QED) is 0.160. The van der Waals surface area contributed by atoms with Gasteiger partial charge in [0, 0.05) is 25.3 Å². The van der Waals surface area contributed by atoms with Crippen molar-refractivity contribution in [2.75, 3.05) is 12.4 Å². The van der Waals surface area contributed by atoms with Gasteiger partial charge >= 0.3 is 5.97 Å². The predicted octanol–water partition coefficient (Wildman–Crippen LogP) is 4.26. The Morgan fingerprint density at radius 2 is 2.14 bits per heavy atom. The number of Topliss-reactive ketones (excluding diaryl/α,β-unsaturated/α-hetero) is 1. The van der Waals surface area contributed by atoms with E-state index in [1.165, 1.54) is 12.5 Å². The molecule has 158 valence electrons. The first-order valence-corrected chi connectivity index (χ1v) is 11.4. The molecule has 0 N–H and O–H groups in total. The van der Waals surface area contributed by atoms with Gasteiger partial charge in [0.1, 0.15) is 23.4 Å². The van der Waals surface area contributed by atoms with Crippen molar-refractivity contribution in [3.8, 4) is 0 Å². The summed E-state index contributed by atoms with van der Waals surface area (Å²) in [6, 6.07) is 0. The van der Waals surface area contributed by atoms with Gasteiger partial charge in [-0.1, -0.05) is 41.3 Å². The molecule has 1 rings (SSSR count). The number of oxime groups is 1. The van der Waals surface area contributed by atoms with E-state index in [1.54, 1.807) is 6.08 Å². The van der Waals surface area contributed by atoms with Crippen LogP contribution in [-0.4, -0.2) is 39.6 Å². The van der Waals surface area contributed by atoms with E-state index in [1.807, 2.05) is 20.8 Å². The molecule has 0 saturated carbocycles. The van der Waals surface area contributed by atoms with Crippen LogP contribution in [0.25, 0.3) is 0 Å². The zero-order valence-corrected chi connectivity index (χ0v) is 18.6. The molecule has 28 heavy (non-hydrogen) atoms. The summed E-state index contributed by atoms with van der Waals surface area (Å²) >= 11 is 4.54. The van der Waals surface area contributed by atoms with Crippen LogP contribution < -0.4 is 0 Å². The monoisotopic (exact) mass is 431 g/mol. The van der Waals surface area contributed by atoms with Gasteiger partial charge in [0.05, 0.1) is 11.3 Å². The molecule has 0 fully saturated rings. The number of hydrogen-bond acceptors (Lipinski definition) is 6. The van der Waals surface area contributed by atoms with E-state index in [9.17, 15) is 14.1 Å². The van der Waals surface area contributed by atoms with Crippen molar-refractivity contribution in [2.24, 2.45) is 11.1 Å². The maximum Gasteiger partial charge on any atom is 0.307 e. The summed E-state index contributed by atoms with van der Waals surface area (Å²) in [7, 11) is 0. The molecule has 0 aromatic carbocycles. The molecule has 0 aromatic heterocycles. The average Bonchev–Trinajstić information content (AvgIpc) is 2.63. The second-order valence-corrected chi connectivity index (χ2v) is 9.15. The summed E-state index contributed by atoms with van der Waals surface area (Å²) < 4.78 is 17.4. The third-order valence-corrected chi connectivity index (χ3v) is 6.22. The molecule has 1 aliphatic rings. The molecule has 3 atom stereocenters. The molecule has 0 radical (unpaired) electrons. The number of halogens is 1. The standard InChI is InChI=1S/C20H30ClNO5S/c1-5-8-17(22-26-10-7-9-21)20-18(24)12-16(11-14(3)28(25)6-2)13-19(20)27-15(4)23/h7,9,14,16H,5-6,8,10-13H2,1-4H3/b9-7+,22-17+. The summed E-state index contributed by atoms with van der Waals surface area (Å²) in [4.78, 5) is 29.8. The van der Waals surface area contributed by atoms with Gasteiger partial charge in [-0.2, -0.15) is 0 Å². The molecular weight excluding hydrogens is 402 g/mol. The van der Waals surface area contributed by atoms with Crippen LogP contribution in [0, 0.1) is 5.92 Å². The van der Waals surface area contributed by atoms with Crippen molar-refractivity contribution in [1.29, 1.82) is 0 Å². The summed E-state index contributed by atoms with van der Waals surface area (Å²) in [5.41, 5.74) is 2.15. The molecule has 0 aliphatic heterocycles. The van der Waals surface area contributed by atoms with E-state index in [0.29, 0.717) is 48.5 Å². The minimum atomic E-state index is -0.930. The highest BCUT2D eigenvalue weighted by atomic mass is 35.5. The number of esters is 1. The topological polar surface area (TPSA) is 88.0 Å². The third-order valence-electron chi connectivity index (χ3n) is 4.38. The van der Waals surface area contributed by atoms with Crippen LogP contribution in [0.3, 0.4) is 0 Å². The minimum Gasteiger partial charge on any atom is -0.616 e. The lowest BCUT2D eigenvalue weighted by atomic mass is 9.82. The molecular formula is C20H30ClNO5S. The fraction of sp³-hybridized carbons (Fsp3) is 0.650. The van der Waals surface area contributed by atoms with Gasteiger partial charge in [0.25, 0.3) is 0 Å². The fourth-order valence-corrected chi connectivity index (χ4v) is 4.35. The molecule has 3 unspecified atom stereocenters. The Kier molecular flexibility index (Phi) is 11.5. The van der Waals surface area contributed by atoms with Crippen molar-refractivity contribution >= 4 is 40.2 Å². The van der Waals surface area contributed by atoms with Crippen LogP contribution in [-0.2, 0) is 30.3 Å². The summed E-state index contributed by atoms with van der Waals surface area (Å²) in [6.07, 6.45) is 4.27. The summed E-state index contributed by atoms with van der Waals surface area (Å²) in [5.74, 6) is 0.311. The molecule has 6 nitrogen and oxygen atoms in total. The van der Waals surface area contributed by atoms with Gasteiger partial charge in [0.15, 0.2) is 5.78 Å². The van der Waals surface area contributed by atoms with Crippen LogP contribution in [0.2, 0.25) is 0 Å². The van der Waals surface area contributed by atoms with E-state index in [2.05, 4.69) is 5.16 Å². The first kappa shape index (κ1) is 24.7. The SMILES string of the molecule is CCC/C(=N\OC/C=C/Cl)C1=C(OC(C)=O)CC(CC(C)[S+]([O-])CC)CC1=O. The number of carbonyl (C=O) groups is 2. The molecule has 1 aliphatic carbocycles. The smallest absolute Gasteiger partial charge is 0.307 e. The van der Waals surface area contributed by atoms with E-state index in [0.717, 1.165) is 6.42 Å². The Labute approximate surface area is 175 Å². The Morgan fingerprint density at radius 3 is 2.71 bits per heavy atom. The Hall–Kier alpha value is -1.31. The van der Waals surface area contributed by atoms with Gasteiger partial charge in [-0.3, -0.25) is 9.59 Å².